The van der Waals surface area contributed by atoms with E-state index in [1.54, 1.807) is 12.1 Å². The first-order valence-electron chi connectivity index (χ1n) is 7.73. The van der Waals surface area contributed by atoms with E-state index in [0.717, 1.165) is 25.7 Å². The lowest BCUT2D eigenvalue weighted by Gasteiger charge is -2.40. The second-order valence-corrected chi connectivity index (χ2v) is 6.04. The molecule has 3 rings (SSSR count). The van der Waals surface area contributed by atoms with Crippen LogP contribution in [0.3, 0.4) is 0 Å². The third-order valence-corrected chi connectivity index (χ3v) is 4.51. The highest BCUT2D eigenvalue weighted by molar-refractivity contribution is 5.83. The van der Waals surface area contributed by atoms with Crippen LogP contribution < -0.4 is 5.32 Å². The molecule has 1 saturated carbocycles. The summed E-state index contributed by atoms with van der Waals surface area (Å²) in [7, 11) is 0. The Morgan fingerprint density at radius 1 is 1.23 bits per heavy atom. The number of carbonyl (C=O) groups excluding carboxylic acids is 1. The molecule has 1 aliphatic rings. The molecule has 4 nitrogen and oxygen atoms in total. The molecule has 0 aliphatic heterocycles. The van der Waals surface area contributed by atoms with Crippen LogP contribution in [0.15, 0.2) is 53.1 Å². The van der Waals surface area contributed by atoms with Crippen molar-refractivity contribution in [3.8, 4) is 0 Å². The number of benzene rings is 1. The Kier molecular flexibility index (Phi) is 4.29. The lowest BCUT2D eigenvalue weighted by molar-refractivity contribution is -0.136. The summed E-state index contributed by atoms with van der Waals surface area (Å²) in [5, 5.41) is 12.9. The van der Waals surface area contributed by atoms with Crippen LogP contribution in [0.4, 0.5) is 0 Å². The van der Waals surface area contributed by atoms with Gasteiger partial charge in [0.2, 0.25) is 5.91 Å². The molecule has 0 spiro atoms. The van der Waals surface area contributed by atoms with Gasteiger partial charge in [-0.1, -0.05) is 36.8 Å². The van der Waals surface area contributed by atoms with Crippen molar-refractivity contribution in [2.45, 2.75) is 31.8 Å². The molecule has 1 fully saturated rings. The van der Waals surface area contributed by atoms with Crippen molar-refractivity contribution in [2.24, 2.45) is 5.41 Å². The molecule has 0 radical (unpaired) electrons. The molecule has 1 unspecified atom stereocenters. The topological polar surface area (TPSA) is 62.5 Å². The van der Waals surface area contributed by atoms with Gasteiger partial charge in [0.1, 0.15) is 11.9 Å². The molecule has 2 N–H and O–H groups in total. The number of amides is 1. The zero-order valence-corrected chi connectivity index (χ0v) is 12.5. The van der Waals surface area contributed by atoms with Crippen molar-refractivity contribution in [2.75, 3.05) is 6.54 Å². The van der Waals surface area contributed by atoms with Crippen LogP contribution >= 0.6 is 0 Å². The van der Waals surface area contributed by atoms with Crippen molar-refractivity contribution in [3.05, 3.63) is 60.1 Å². The minimum Gasteiger partial charge on any atom is -0.467 e. The van der Waals surface area contributed by atoms with Crippen LogP contribution in [0.5, 0.6) is 0 Å². The zero-order valence-electron chi connectivity index (χ0n) is 12.5. The predicted molar refractivity (Wildman–Crippen MR) is 83.1 cm³/mol. The summed E-state index contributed by atoms with van der Waals surface area (Å²) in [6.45, 7) is 0.183. The SMILES string of the molecule is O=C(NCC(O)c1ccco1)C1(Cc2ccccc2)CCC1. The van der Waals surface area contributed by atoms with Gasteiger partial charge in [-0.25, -0.2) is 0 Å². The molecule has 2 aromatic rings. The van der Waals surface area contributed by atoms with Gasteiger partial charge in [0.25, 0.3) is 0 Å². The number of hydrogen-bond donors (Lipinski definition) is 2. The highest BCUT2D eigenvalue weighted by Crippen LogP contribution is 2.44. The van der Waals surface area contributed by atoms with E-state index in [1.807, 2.05) is 18.2 Å². The predicted octanol–water partition coefficient (Wildman–Crippen LogP) is 2.84. The summed E-state index contributed by atoms with van der Waals surface area (Å²) >= 11 is 0. The largest absolute Gasteiger partial charge is 0.467 e. The second kappa shape index (κ2) is 6.36. The second-order valence-electron chi connectivity index (χ2n) is 6.04. The molecule has 116 valence electrons. The smallest absolute Gasteiger partial charge is 0.226 e. The molecule has 22 heavy (non-hydrogen) atoms. The minimum atomic E-state index is -0.798. The molecule has 1 atom stereocenters. The number of aliphatic hydroxyl groups is 1. The van der Waals surface area contributed by atoms with Crippen LogP contribution in [0.1, 0.15) is 36.7 Å². The Labute approximate surface area is 130 Å². The van der Waals surface area contributed by atoms with Crippen LogP contribution in [0.2, 0.25) is 0 Å². The summed E-state index contributed by atoms with van der Waals surface area (Å²) < 4.78 is 5.15. The molecule has 0 bridgehead atoms. The average Bonchev–Trinajstić information content (AvgIpc) is 3.03. The average molecular weight is 299 g/mol. The number of carbonyl (C=O) groups is 1. The van der Waals surface area contributed by atoms with Crippen LogP contribution in [0, 0.1) is 5.41 Å². The van der Waals surface area contributed by atoms with E-state index in [-0.39, 0.29) is 17.9 Å². The summed E-state index contributed by atoms with van der Waals surface area (Å²) in [5.41, 5.74) is 0.869. The van der Waals surface area contributed by atoms with Gasteiger partial charge in [0.15, 0.2) is 0 Å². The first-order valence-corrected chi connectivity index (χ1v) is 7.73. The maximum absolute atomic E-state index is 12.6. The van der Waals surface area contributed by atoms with Gasteiger partial charge in [-0.15, -0.1) is 0 Å². The fourth-order valence-electron chi connectivity index (χ4n) is 3.03. The van der Waals surface area contributed by atoms with Gasteiger partial charge in [0, 0.05) is 0 Å². The Morgan fingerprint density at radius 2 is 2.00 bits per heavy atom. The van der Waals surface area contributed by atoms with Crippen molar-refractivity contribution in [1.29, 1.82) is 0 Å². The first kappa shape index (κ1) is 14.9. The lowest BCUT2D eigenvalue weighted by atomic mass is 9.64. The standard InChI is InChI=1S/C18H21NO3/c20-15(16-8-4-11-22-16)13-19-17(21)18(9-5-10-18)12-14-6-2-1-3-7-14/h1-4,6-8,11,15,20H,5,9-10,12-13H2,(H,19,21). The number of nitrogens with one attached hydrogen (secondary N) is 1. The van der Waals surface area contributed by atoms with E-state index in [2.05, 4.69) is 17.4 Å². The molecule has 1 amide bonds. The third-order valence-electron chi connectivity index (χ3n) is 4.51. The van der Waals surface area contributed by atoms with Gasteiger partial charge in [-0.05, 0) is 37.0 Å². The molecule has 1 aromatic heterocycles. The molecular weight excluding hydrogens is 278 g/mol. The van der Waals surface area contributed by atoms with Crippen molar-refractivity contribution < 1.29 is 14.3 Å². The number of hydrogen-bond acceptors (Lipinski definition) is 3. The highest BCUT2D eigenvalue weighted by atomic mass is 16.4. The molecule has 1 heterocycles. The van der Waals surface area contributed by atoms with Crippen molar-refractivity contribution in [3.63, 3.8) is 0 Å². The fourth-order valence-corrected chi connectivity index (χ4v) is 3.03. The maximum Gasteiger partial charge on any atom is 0.226 e. The minimum absolute atomic E-state index is 0.0354. The third kappa shape index (κ3) is 3.07. The van der Waals surface area contributed by atoms with Crippen molar-refractivity contribution in [1.82, 2.24) is 5.32 Å². The molecular formula is C18H21NO3. The maximum atomic E-state index is 12.6. The molecule has 0 saturated heterocycles. The molecule has 1 aliphatic carbocycles. The highest BCUT2D eigenvalue weighted by Gasteiger charge is 2.43. The van der Waals surface area contributed by atoms with Crippen LogP contribution in [0.25, 0.3) is 0 Å². The van der Waals surface area contributed by atoms with Crippen LogP contribution in [-0.2, 0) is 11.2 Å². The molecule has 1 aromatic carbocycles. The van der Waals surface area contributed by atoms with E-state index < -0.39 is 6.10 Å². The van der Waals surface area contributed by atoms with E-state index in [4.69, 9.17) is 4.42 Å². The van der Waals surface area contributed by atoms with Crippen molar-refractivity contribution >= 4 is 5.91 Å². The van der Waals surface area contributed by atoms with E-state index in [9.17, 15) is 9.90 Å². The monoisotopic (exact) mass is 299 g/mol. The first-order chi connectivity index (χ1) is 10.7. The lowest BCUT2D eigenvalue weighted by Crippen LogP contribution is -2.48. The summed E-state index contributed by atoms with van der Waals surface area (Å²) in [5.74, 6) is 0.513. The Morgan fingerprint density at radius 3 is 2.59 bits per heavy atom. The Hall–Kier alpha value is -2.07. The summed E-state index contributed by atoms with van der Waals surface area (Å²) in [6.07, 6.45) is 4.38. The Bertz CT molecular complexity index is 603. The zero-order chi connectivity index (χ0) is 15.4. The van der Waals surface area contributed by atoms with E-state index in [0.29, 0.717) is 5.76 Å². The van der Waals surface area contributed by atoms with E-state index >= 15 is 0 Å². The van der Waals surface area contributed by atoms with Gasteiger partial charge in [0.05, 0.1) is 18.2 Å². The number of aliphatic hydroxyl groups excluding tert-OH is 1. The summed E-state index contributed by atoms with van der Waals surface area (Å²) in [4.78, 5) is 12.6. The fraction of sp³-hybridized carbons (Fsp3) is 0.389. The quantitative estimate of drug-likeness (QED) is 0.862. The van der Waals surface area contributed by atoms with E-state index in [1.165, 1.54) is 11.8 Å². The summed E-state index contributed by atoms with van der Waals surface area (Å²) in [6, 6.07) is 13.5. The van der Waals surface area contributed by atoms with Crippen LogP contribution in [-0.4, -0.2) is 17.6 Å². The number of furan rings is 1. The van der Waals surface area contributed by atoms with Gasteiger partial charge in [-0.2, -0.15) is 0 Å². The van der Waals surface area contributed by atoms with Gasteiger partial charge >= 0.3 is 0 Å². The number of rotatable bonds is 6. The molecule has 4 heteroatoms. The van der Waals surface area contributed by atoms with Gasteiger partial charge in [-0.3, -0.25) is 4.79 Å². The normalized spacial score (nSPS) is 17.5. The van der Waals surface area contributed by atoms with Gasteiger partial charge < -0.3 is 14.8 Å². The Balaban J connectivity index is 1.60.